The minimum absolute atomic E-state index is 0.0943. The van der Waals surface area contributed by atoms with Gasteiger partial charge in [-0.15, -0.1) is 0 Å². The fraction of sp³-hybridized carbons (Fsp3) is 0.231. The maximum absolute atomic E-state index is 11.5. The highest BCUT2D eigenvalue weighted by Gasteiger charge is 2.18. The summed E-state index contributed by atoms with van der Waals surface area (Å²) in [4.78, 5) is 11.5. The molecule has 0 unspecified atom stereocenters. The van der Waals surface area contributed by atoms with Crippen molar-refractivity contribution in [1.82, 2.24) is 4.40 Å². The van der Waals surface area contributed by atoms with Crippen LogP contribution in [0, 0.1) is 13.8 Å². The van der Waals surface area contributed by atoms with Crippen molar-refractivity contribution >= 4 is 17.0 Å². The lowest BCUT2D eigenvalue weighted by Gasteiger charge is -2.07. The Labute approximate surface area is 99.2 Å². The Morgan fingerprint density at radius 1 is 1.35 bits per heavy atom. The van der Waals surface area contributed by atoms with Crippen LogP contribution in [-0.2, 0) is 4.79 Å². The van der Waals surface area contributed by atoms with Crippen LogP contribution in [0.2, 0.25) is 0 Å². The summed E-state index contributed by atoms with van der Waals surface area (Å²) in [5.74, 6) is -0.251. The number of nitrogens with zero attached hydrogens (tertiary/aromatic N) is 2. The molecule has 2 aromatic rings. The predicted molar refractivity (Wildman–Crippen MR) is 65.9 cm³/mol. The minimum atomic E-state index is -0.251. The van der Waals surface area contributed by atoms with Gasteiger partial charge in [0.1, 0.15) is 0 Å². The second-order valence-electron chi connectivity index (χ2n) is 4.11. The van der Waals surface area contributed by atoms with E-state index in [2.05, 4.69) is 5.16 Å². The maximum Gasteiger partial charge on any atom is 0.183 e. The molecule has 2 rings (SSSR count). The zero-order valence-corrected chi connectivity index (χ0v) is 10.1. The van der Waals surface area contributed by atoms with Crippen LogP contribution in [0.5, 0.6) is 0 Å². The van der Waals surface area contributed by atoms with Crippen molar-refractivity contribution in [3.8, 4) is 0 Å². The number of oxime groups is 1. The van der Waals surface area contributed by atoms with Crippen LogP contribution in [0.3, 0.4) is 0 Å². The second-order valence-corrected chi connectivity index (χ2v) is 4.11. The smallest absolute Gasteiger partial charge is 0.183 e. The molecule has 2 aromatic heterocycles. The number of carbonyl (C=O) groups is 1. The van der Waals surface area contributed by atoms with Gasteiger partial charge < -0.3 is 9.61 Å². The third-order valence-electron chi connectivity index (χ3n) is 2.83. The van der Waals surface area contributed by atoms with E-state index in [1.54, 1.807) is 0 Å². The van der Waals surface area contributed by atoms with Crippen molar-refractivity contribution in [3.05, 3.63) is 41.2 Å². The van der Waals surface area contributed by atoms with E-state index in [-0.39, 0.29) is 11.5 Å². The number of fused-ring (bicyclic) bond motifs is 1. The largest absolute Gasteiger partial charge is 0.410 e. The molecule has 0 saturated carbocycles. The van der Waals surface area contributed by atoms with Crippen LogP contribution >= 0.6 is 0 Å². The van der Waals surface area contributed by atoms with E-state index in [0.717, 1.165) is 16.8 Å². The van der Waals surface area contributed by atoms with Crippen molar-refractivity contribution in [2.75, 3.05) is 0 Å². The number of rotatable bonds is 2. The van der Waals surface area contributed by atoms with Crippen LogP contribution in [0.1, 0.15) is 23.9 Å². The van der Waals surface area contributed by atoms with Gasteiger partial charge >= 0.3 is 0 Å². The molecule has 4 heteroatoms. The topological polar surface area (TPSA) is 54.1 Å². The molecule has 0 amide bonds. The molecule has 0 bridgehead atoms. The van der Waals surface area contributed by atoms with Gasteiger partial charge in [0.2, 0.25) is 0 Å². The van der Waals surface area contributed by atoms with Crippen LogP contribution in [-0.4, -0.2) is 21.1 Å². The van der Waals surface area contributed by atoms with E-state index in [1.165, 1.54) is 6.92 Å². The molecule has 0 aromatic carbocycles. The van der Waals surface area contributed by atoms with Crippen LogP contribution < -0.4 is 0 Å². The van der Waals surface area contributed by atoms with Crippen molar-refractivity contribution in [3.63, 3.8) is 0 Å². The molecular formula is C13H14N2O2. The number of aryl methyl sites for hydroxylation is 2. The molecule has 0 radical (unpaired) electrons. The molecule has 88 valence electrons. The molecule has 4 nitrogen and oxygen atoms in total. The zero-order chi connectivity index (χ0) is 12.6. The van der Waals surface area contributed by atoms with Gasteiger partial charge in [-0.1, -0.05) is 11.2 Å². The van der Waals surface area contributed by atoms with E-state index in [1.807, 2.05) is 42.5 Å². The summed E-state index contributed by atoms with van der Waals surface area (Å²) in [5, 5.41) is 12.1. The Kier molecular flexibility index (Phi) is 2.71. The fourth-order valence-electron chi connectivity index (χ4n) is 2.10. The van der Waals surface area contributed by atoms with Gasteiger partial charge in [-0.25, -0.2) is 0 Å². The molecule has 0 atom stereocenters. The van der Waals surface area contributed by atoms with Gasteiger partial charge in [0.25, 0.3) is 0 Å². The molecule has 0 spiro atoms. The fourth-order valence-corrected chi connectivity index (χ4v) is 2.10. The van der Waals surface area contributed by atoms with Gasteiger partial charge in [-0.05, 0) is 37.6 Å². The monoisotopic (exact) mass is 230 g/mol. The highest BCUT2D eigenvalue weighted by atomic mass is 16.4. The summed E-state index contributed by atoms with van der Waals surface area (Å²) in [6, 6.07) is 7.83. The standard InChI is InChI=1S/C13H14N2O2/c1-8-7-11-6-4-5-9(2)15(11)13(8)12(14-17)10(3)16/h4-7,17H,1-3H3. The van der Waals surface area contributed by atoms with Crippen molar-refractivity contribution < 1.29 is 10.0 Å². The quantitative estimate of drug-likeness (QED) is 0.489. The van der Waals surface area contributed by atoms with Gasteiger partial charge in [0, 0.05) is 18.1 Å². The van der Waals surface area contributed by atoms with Crippen molar-refractivity contribution in [2.24, 2.45) is 5.16 Å². The SMILES string of the molecule is CC(=O)C(=NO)c1c(C)cc2cccc(C)n12. The Morgan fingerprint density at radius 3 is 2.65 bits per heavy atom. The molecule has 0 aliphatic rings. The molecule has 0 saturated heterocycles. The first kappa shape index (κ1) is 11.4. The minimum Gasteiger partial charge on any atom is -0.410 e. The lowest BCUT2D eigenvalue weighted by atomic mass is 10.1. The number of ketones is 1. The van der Waals surface area contributed by atoms with E-state index in [9.17, 15) is 4.79 Å². The Morgan fingerprint density at radius 2 is 2.06 bits per heavy atom. The van der Waals surface area contributed by atoms with E-state index in [0.29, 0.717) is 5.69 Å². The second kappa shape index (κ2) is 4.05. The number of hydrogen-bond acceptors (Lipinski definition) is 3. The van der Waals surface area contributed by atoms with E-state index >= 15 is 0 Å². The number of carbonyl (C=O) groups excluding carboxylic acids is 1. The molecule has 0 aliphatic carbocycles. The molecular weight excluding hydrogens is 216 g/mol. The van der Waals surface area contributed by atoms with E-state index < -0.39 is 0 Å². The number of pyridine rings is 1. The first-order valence-electron chi connectivity index (χ1n) is 5.37. The van der Waals surface area contributed by atoms with Crippen molar-refractivity contribution in [2.45, 2.75) is 20.8 Å². The summed E-state index contributed by atoms with van der Waals surface area (Å²) in [7, 11) is 0. The number of Topliss-reactive ketones (excluding diaryl/α,β-unsaturated/α-hetero) is 1. The lowest BCUT2D eigenvalue weighted by Crippen LogP contribution is -2.16. The normalized spacial score (nSPS) is 12.1. The average molecular weight is 230 g/mol. The average Bonchev–Trinajstić information content (AvgIpc) is 2.58. The molecule has 2 heterocycles. The number of hydrogen-bond donors (Lipinski definition) is 1. The maximum atomic E-state index is 11.5. The van der Waals surface area contributed by atoms with Gasteiger partial charge in [0.05, 0.1) is 5.69 Å². The van der Waals surface area contributed by atoms with Crippen LogP contribution in [0.25, 0.3) is 5.52 Å². The van der Waals surface area contributed by atoms with Crippen LogP contribution in [0.15, 0.2) is 29.4 Å². The molecule has 0 fully saturated rings. The van der Waals surface area contributed by atoms with E-state index in [4.69, 9.17) is 5.21 Å². The summed E-state index contributed by atoms with van der Waals surface area (Å²) in [6.07, 6.45) is 0. The van der Waals surface area contributed by atoms with Gasteiger partial charge in [-0.2, -0.15) is 0 Å². The number of aromatic nitrogens is 1. The Hall–Kier alpha value is -2.10. The summed E-state index contributed by atoms with van der Waals surface area (Å²) < 4.78 is 1.92. The van der Waals surface area contributed by atoms with Gasteiger partial charge in [0.15, 0.2) is 11.5 Å². The Bertz CT molecular complexity index is 624. The highest BCUT2D eigenvalue weighted by Crippen LogP contribution is 2.19. The molecule has 17 heavy (non-hydrogen) atoms. The lowest BCUT2D eigenvalue weighted by molar-refractivity contribution is -0.111. The zero-order valence-electron chi connectivity index (χ0n) is 10.1. The summed E-state index contributed by atoms with van der Waals surface area (Å²) >= 11 is 0. The van der Waals surface area contributed by atoms with Gasteiger partial charge in [-0.3, -0.25) is 4.79 Å². The third kappa shape index (κ3) is 1.71. The first-order chi connectivity index (χ1) is 8.06. The van der Waals surface area contributed by atoms with Crippen LogP contribution in [0.4, 0.5) is 0 Å². The third-order valence-corrected chi connectivity index (χ3v) is 2.83. The highest BCUT2D eigenvalue weighted by molar-refractivity contribution is 6.45. The Balaban J connectivity index is 2.85. The summed E-state index contributed by atoms with van der Waals surface area (Å²) in [6.45, 7) is 5.24. The van der Waals surface area contributed by atoms with Crippen molar-refractivity contribution in [1.29, 1.82) is 0 Å². The molecule has 1 N–H and O–H groups in total. The predicted octanol–water partition coefficient (Wildman–Crippen LogP) is 2.32. The molecule has 0 aliphatic heterocycles. The summed E-state index contributed by atoms with van der Waals surface area (Å²) in [5.41, 5.74) is 3.65. The first-order valence-corrected chi connectivity index (χ1v) is 5.37.